The van der Waals surface area contributed by atoms with E-state index in [1.165, 1.54) is 0 Å². The smallest absolute Gasteiger partial charge is 0.336 e. The summed E-state index contributed by atoms with van der Waals surface area (Å²) in [6.07, 6.45) is 0.934. The minimum Gasteiger partial charge on any atom is -0.481 e. The van der Waals surface area contributed by atoms with Gasteiger partial charge < -0.3 is 71.4 Å². The number of halogens is 1. The lowest BCUT2D eigenvalue weighted by atomic mass is 9.81. The third-order valence-corrected chi connectivity index (χ3v) is 12.8. The van der Waals surface area contributed by atoms with Gasteiger partial charge in [0.15, 0.2) is 0 Å². The average Bonchev–Trinajstić information content (AvgIpc) is 3.71. The second kappa shape index (κ2) is 36.2. The fraction of sp³-hybridized carbons (Fsp3) is 0.653. The first-order valence-corrected chi connectivity index (χ1v) is 26.5. The Morgan fingerprint density at radius 3 is 1.70 bits per heavy atom. The molecule has 0 bridgehead atoms. The summed E-state index contributed by atoms with van der Waals surface area (Å²) in [7, 11) is 0. The van der Waals surface area contributed by atoms with E-state index in [2.05, 4.69) is 54.5 Å². The Bertz CT molecular complexity index is 2090. The minimum absolute atomic E-state index is 0.00116. The number of rotatable bonds is 38. The van der Waals surface area contributed by atoms with E-state index >= 15 is 0 Å². The number of hydrogen-bond acceptors (Lipinski definition) is 17. The zero-order valence-electron chi connectivity index (χ0n) is 42.4. The first-order chi connectivity index (χ1) is 36.4. The number of amides is 8. The molecule has 2 fully saturated rings. The molecule has 76 heavy (non-hydrogen) atoms. The highest BCUT2D eigenvalue weighted by Crippen LogP contribution is 2.30. The molecule has 1 aromatic carbocycles. The molecule has 0 unspecified atom stereocenters. The Labute approximate surface area is 453 Å². The number of aliphatic hydroxyl groups excluding tert-OH is 2. The number of carboxylic acids is 2. The van der Waals surface area contributed by atoms with Crippen molar-refractivity contribution in [1.29, 1.82) is 0 Å². The van der Waals surface area contributed by atoms with Crippen molar-refractivity contribution >= 4 is 87.8 Å². The number of aliphatic carboxylic acids is 2. The van der Waals surface area contributed by atoms with Crippen LogP contribution in [0.4, 0.5) is 0 Å². The standard InChI is InChI=1S/C49H72IN7O19/c50-34-7-3-6-33(30-34)44(66)51-20-2-1-8-38(48(70)71)56-46(68)36(10-5-23-59)54-47(69)37(15-18-42(63)64)55-45(67)35(9-4-22-58)53-39(60)19-24-73-26-28-75-29-27-74-25-21-52-43(65)31-11-13-32(14-12-31)49(72)76-57-40(61)16-17-41(57)62/h3,6-7,30-32,35-38,58-59H,1-2,4-5,8-29H2,(H,51,66)(H,52,65)(H,53,60)(H,54,69)(H,55,67)(H,56,68)(H,63,64)(H,70,71)/t31?,32?,35-,36-,37-,38-/m1/s1. The van der Waals surface area contributed by atoms with Gasteiger partial charge in [0, 0.05) is 67.0 Å². The van der Waals surface area contributed by atoms with E-state index in [1.54, 1.807) is 18.2 Å². The fourth-order valence-corrected chi connectivity index (χ4v) is 8.47. The van der Waals surface area contributed by atoms with Crippen LogP contribution in [0.25, 0.3) is 0 Å². The number of carbonyl (C=O) groups is 11. The van der Waals surface area contributed by atoms with Gasteiger partial charge in [0.1, 0.15) is 24.2 Å². The summed E-state index contributed by atoms with van der Waals surface area (Å²) in [5.41, 5.74) is 0.467. The monoisotopic (exact) mass is 1190 g/mol. The second-order valence-electron chi connectivity index (χ2n) is 18.0. The fourth-order valence-electron chi connectivity index (χ4n) is 7.92. The minimum atomic E-state index is -1.55. The third kappa shape index (κ3) is 24.9. The molecule has 8 amide bonds. The zero-order valence-corrected chi connectivity index (χ0v) is 44.6. The molecule has 26 nitrogen and oxygen atoms in total. The summed E-state index contributed by atoms with van der Waals surface area (Å²) in [6.45, 7) is 0.593. The lowest BCUT2D eigenvalue weighted by Crippen LogP contribution is -2.57. The Hall–Kier alpha value is -5.88. The summed E-state index contributed by atoms with van der Waals surface area (Å²) >= 11 is 2.08. The van der Waals surface area contributed by atoms with Crippen molar-refractivity contribution in [1.82, 2.24) is 37.0 Å². The van der Waals surface area contributed by atoms with Gasteiger partial charge in [-0.05, 0) is 118 Å². The number of benzene rings is 1. The Kier molecular flexibility index (Phi) is 30.7. The van der Waals surface area contributed by atoms with E-state index in [0.29, 0.717) is 42.7 Å². The molecule has 1 aliphatic carbocycles. The Balaban J connectivity index is 1.36. The Morgan fingerprint density at radius 1 is 0.605 bits per heavy atom. The van der Waals surface area contributed by atoms with Gasteiger partial charge in [-0.3, -0.25) is 43.2 Å². The van der Waals surface area contributed by atoms with Gasteiger partial charge in [0.2, 0.25) is 29.5 Å². The number of unbranched alkanes of at least 4 members (excludes halogenated alkanes) is 1. The average molecular weight is 1190 g/mol. The molecule has 0 aromatic heterocycles. The molecule has 0 spiro atoms. The van der Waals surface area contributed by atoms with E-state index in [0.717, 1.165) is 3.57 Å². The van der Waals surface area contributed by atoms with Crippen molar-refractivity contribution in [3.63, 3.8) is 0 Å². The number of nitrogens with one attached hydrogen (secondary N) is 6. The number of carbonyl (C=O) groups excluding carboxylic acids is 9. The molecule has 1 saturated heterocycles. The van der Waals surface area contributed by atoms with Crippen molar-refractivity contribution in [2.24, 2.45) is 11.8 Å². The molecule has 2 aliphatic rings. The van der Waals surface area contributed by atoms with Crippen molar-refractivity contribution < 1.29 is 92.2 Å². The normalized spacial score (nSPS) is 16.9. The molecule has 0 radical (unpaired) electrons. The number of hydrogen-bond donors (Lipinski definition) is 10. The van der Waals surface area contributed by atoms with Gasteiger partial charge in [-0.15, -0.1) is 5.06 Å². The lowest BCUT2D eigenvalue weighted by molar-refractivity contribution is -0.201. The molecule has 27 heteroatoms. The second-order valence-corrected chi connectivity index (χ2v) is 19.2. The predicted octanol–water partition coefficient (Wildman–Crippen LogP) is -0.405. The predicted molar refractivity (Wildman–Crippen MR) is 273 cm³/mol. The van der Waals surface area contributed by atoms with Gasteiger partial charge in [0.25, 0.3) is 17.7 Å². The van der Waals surface area contributed by atoms with Crippen molar-refractivity contribution in [2.45, 2.75) is 127 Å². The van der Waals surface area contributed by atoms with Crippen molar-refractivity contribution in [2.75, 3.05) is 65.9 Å². The number of aliphatic hydroxyl groups is 2. The summed E-state index contributed by atoms with van der Waals surface area (Å²) < 4.78 is 17.3. The maximum atomic E-state index is 13.6. The van der Waals surface area contributed by atoms with Crippen molar-refractivity contribution in [3.05, 3.63) is 33.4 Å². The highest BCUT2D eigenvalue weighted by Gasteiger charge is 2.37. The van der Waals surface area contributed by atoms with E-state index in [9.17, 15) is 73.2 Å². The molecule has 1 aliphatic heterocycles. The van der Waals surface area contributed by atoms with Crippen LogP contribution in [0.15, 0.2) is 24.3 Å². The zero-order chi connectivity index (χ0) is 55.8. The number of carboxylic acid groups (broad SMARTS) is 2. The van der Waals surface area contributed by atoms with Crippen LogP contribution in [0.2, 0.25) is 0 Å². The summed E-state index contributed by atoms with van der Waals surface area (Å²) in [5.74, 6) is -9.08. The van der Waals surface area contributed by atoms with Gasteiger partial charge in [-0.1, -0.05) is 6.07 Å². The quantitative estimate of drug-likeness (QED) is 0.0229. The molecule has 1 aromatic rings. The molecule has 1 heterocycles. The van der Waals surface area contributed by atoms with Crippen LogP contribution in [0.5, 0.6) is 0 Å². The van der Waals surface area contributed by atoms with Crippen LogP contribution in [-0.2, 0) is 67.0 Å². The van der Waals surface area contributed by atoms with E-state index < -0.39 is 103 Å². The molecule has 4 atom stereocenters. The number of hydroxylamine groups is 2. The van der Waals surface area contributed by atoms with Crippen molar-refractivity contribution in [3.8, 4) is 0 Å². The largest absolute Gasteiger partial charge is 0.481 e. The first-order valence-electron chi connectivity index (χ1n) is 25.4. The third-order valence-electron chi connectivity index (χ3n) is 12.2. The number of ether oxygens (including phenoxy) is 3. The van der Waals surface area contributed by atoms with Gasteiger partial charge in [-0.2, -0.15) is 0 Å². The van der Waals surface area contributed by atoms with Crippen LogP contribution in [0.3, 0.4) is 0 Å². The summed E-state index contributed by atoms with van der Waals surface area (Å²) in [5, 5.41) is 54.1. The maximum Gasteiger partial charge on any atom is 0.336 e. The van der Waals surface area contributed by atoms with Crippen LogP contribution < -0.4 is 31.9 Å². The van der Waals surface area contributed by atoms with Crippen LogP contribution in [0.1, 0.15) is 113 Å². The van der Waals surface area contributed by atoms with E-state index in [1.807, 2.05) is 6.07 Å². The molecule has 1 saturated carbocycles. The van der Waals surface area contributed by atoms with Gasteiger partial charge in [0.05, 0.1) is 45.6 Å². The van der Waals surface area contributed by atoms with E-state index in [-0.39, 0.29) is 135 Å². The molecule has 3 rings (SSSR count). The van der Waals surface area contributed by atoms with Crippen LogP contribution >= 0.6 is 22.6 Å². The summed E-state index contributed by atoms with van der Waals surface area (Å²) in [6, 6.07) is 1.33. The van der Waals surface area contributed by atoms with E-state index in [4.69, 9.17) is 19.0 Å². The van der Waals surface area contributed by atoms with Gasteiger partial charge >= 0.3 is 17.9 Å². The SMILES string of the molecule is O=C(O)CC[C@@H](NC(=O)[C@@H](CCCO)NC(=O)CCOCCOCCOCCNC(=O)C1CCC(C(=O)ON2C(=O)CCC2=O)CC1)C(=O)N[C@H](CCCO)C(=O)N[C@H](CCCCNC(=O)c1cccc(I)c1)C(=O)O. The molecule has 10 N–H and O–H groups in total. The van der Waals surface area contributed by atoms with Gasteiger partial charge in [-0.25, -0.2) is 9.59 Å². The highest BCUT2D eigenvalue weighted by atomic mass is 127. The molecular formula is C49H72IN7O19. The molecule has 424 valence electrons. The lowest BCUT2D eigenvalue weighted by Gasteiger charge is -2.27. The molecular weight excluding hydrogens is 1120 g/mol. The highest BCUT2D eigenvalue weighted by molar-refractivity contribution is 14.1. The topological polar surface area (TPSA) is 381 Å². The summed E-state index contributed by atoms with van der Waals surface area (Å²) in [4.78, 5) is 143. The first kappa shape index (κ1) is 64.4. The van der Waals surface area contributed by atoms with Crippen LogP contribution in [0, 0.1) is 15.4 Å². The Morgan fingerprint density at radius 2 is 1.13 bits per heavy atom. The number of imide groups is 1. The van der Waals surface area contributed by atoms with Crippen LogP contribution in [-0.4, -0.2) is 181 Å². The maximum absolute atomic E-state index is 13.6. The number of nitrogens with zero attached hydrogens (tertiary/aromatic N) is 1.